The summed E-state index contributed by atoms with van der Waals surface area (Å²) in [6, 6.07) is 0. The van der Waals surface area contributed by atoms with Crippen LogP contribution in [0.2, 0.25) is 0 Å². The zero-order valence-corrected chi connectivity index (χ0v) is 23.0. The van der Waals surface area contributed by atoms with Gasteiger partial charge in [0.25, 0.3) is 0 Å². The first kappa shape index (κ1) is 32.1. The Hall–Kier alpha value is -1.96. The largest absolute Gasteiger partial charge is 0.384 e. The summed E-state index contributed by atoms with van der Waals surface area (Å²) in [5.74, 6) is -0.694. The van der Waals surface area contributed by atoms with E-state index in [4.69, 9.17) is 9.47 Å². The lowest BCUT2D eigenvalue weighted by Gasteiger charge is -2.14. The Bertz CT molecular complexity index is 795. The van der Waals surface area contributed by atoms with Gasteiger partial charge < -0.3 is 14.8 Å². The van der Waals surface area contributed by atoms with Gasteiger partial charge in [0.15, 0.2) is 0 Å². The van der Waals surface area contributed by atoms with Crippen molar-refractivity contribution in [2.24, 2.45) is 0 Å². The molecule has 0 aliphatic carbocycles. The minimum Gasteiger partial charge on any atom is -0.384 e. The van der Waals surface area contributed by atoms with Crippen LogP contribution in [-0.4, -0.2) is 115 Å². The van der Waals surface area contributed by atoms with E-state index in [9.17, 15) is 28.8 Å². The van der Waals surface area contributed by atoms with Gasteiger partial charge in [0.1, 0.15) is 5.78 Å². The van der Waals surface area contributed by atoms with Gasteiger partial charge in [-0.25, -0.2) is 0 Å². The number of nitrogens with one attached hydrogen (secondary N) is 1. The molecule has 0 saturated carbocycles. The smallest absolute Gasteiger partial charge is 0.242 e. The number of nitrogens with zero attached hydrogens (tertiary/aromatic N) is 2. The van der Waals surface area contributed by atoms with Crippen molar-refractivity contribution in [1.29, 1.82) is 0 Å². The number of likely N-dealkylation sites (tertiary alicyclic amines) is 2. The highest BCUT2D eigenvalue weighted by atomic mass is 32.2. The van der Waals surface area contributed by atoms with Crippen molar-refractivity contribution in [3.05, 3.63) is 0 Å². The zero-order valence-electron chi connectivity index (χ0n) is 21.4. The van der Waals surface area contributed by atoms with Crippen molar-refractivity contribution in [3.8, 4) is 0 Å². The Kier molecular flexibility index (Phi) is 15.6. The number of ketones is 1. The van der Waals surface area contributed by atoms with Crippen LogP contribution in [-0.2, 0) is 38.2 Å². The van der Waals surface area contributed by atoms with Crippen LogP contribution >= 0.6 is 23.5 Å². The van der Waals surface area contributed by atoms with Crippen LogP contribution in [0.3, 0.4) is 0 Å². The summed E-state index contributed by atoms with van der Waals surface area (Å²) in [6.45, 7) is 1.74. The minimum atomic E-state index is -0.316. The quantitative estimate of drug-likeness (QED) is 0.228. The molecule has 2 unspecified atom stereocenters. The average molecular weight is 548 g/mol. The first-order chi connectivity index (χ1) is 17.2. The Labute approximate surface area is 220 Å². The molecule has 0 aromatic carbocycles. The molecule has 2 heterocycles. The molecule has 2 aliphatic rings. The van der Waals surface area contributed by atoms with E-state index in [0.29, 0.717) is 52.0 Å². The number of Topliss-reactive ketones (excluding diaryl/α,β-unsaturated/α-hetero) is 1. The lowest BCUT2D eigenvalue weighted by Crippen LogP contribution is -2.35. The number of amides is 5. The monoisotopic (exact) mass is 547 g/mol. The van der Waals surface area contributed by atoms with Crippen molar-refractivity contribution < 1.29 is 38.2 Å². The summed E-state index contributed by atoms with van der Waals surface area (Å²) < 4.78 is 9.64. The maximum Gasteiger partial charge on any atom is 0.242 e. The number of hydrogen-bond acceptors (Lipinski definition) is 10. The Balaban J connectivity index is 0.000000420. The summed E-state index contributed by atoms with van der Waals surface area (Å²) in [7, 11) is 3.10. The molecule has 0 spiro atoms. The third kappa shape index (κ3) is 10.6. The number of carbonyl (C=O) groups is 6. The second-order valence-corrected chi connectivity index (χ2v) is 10.2. The Morgan fingerprint density at radius 1 is 0.833 bits per heavy atom. The van der Waals surface area contributed by atoms with E-state index in [-0.39, 0.29) is 65.2 Å². The third-order valence-electron chi connectivity index (χ3n) is 5.60. The highest BCUT2D eigenvalue weighted by molar-refractivity contribution is 8.00. The molecule has 11 nitrogen and oxygen atoms in total. The fraction of sp³-hybridized carbons (Fsp3) is 0.739. The van der Waals surface area contributed by atoms with Crippen molar-refractivity contribution in [2.75, 3.05) is 59.6 Å². The third-order valence-corrected chi connectivity index (χ3v) is 7.47. The van der Waals surface area contributed by atoms with Crippen molar-refractivity contribution in [3.63, 3.8) is 0 Å². The minimum absolute atomic E-state index is 0.0745. The summed E-state index contributed by atoms with van der Waals surface area (Å²) in [4.78, 5) is 71.9. The molecule has 0 bridgehead atoms. The van der Waals surface area contributed by atoms with Gasteiger partial charge in [0.05, 0.1) is 30.3 Å². The number of rotatable bonds is 15. The Morgan fingerprint density at radius 3 is 1.83 bits per heavy atom. The van der Waals surface area contributed by atoms with Crippen molar-refractivity contribution in [2.45, 2.75) is 49.0 Å². The number of thioether (sulfide) groups is 2. The molecule has 0 aromatic rings. The predicted molar refractivity (Wildman–Crippen MR) is 138 cm³/mol. The van der Waals surface area contributed by atoms with Crippen LogP contribution in [0.1, 0.15) is 38.5 Å². The topological polar surface area (TPSA) is 139 Å². The van der Waals surface area contributed by atoms with Crippen LogP contribution < -0.4 is 5.32 Å². The van der Waals surface area contributed by atoms with E-state index in [1.807, 2.05) is 6.26 Å². The van der Waals surface area contributed by atoms with Crippen molar-refractivity contribution >= 4 is 58.8 Å². The molecular formula is C23H37N3O8S2. The lowest BCUT2D eigenvalue weighted by molar-refractivity contribution is -0.140. The highest BCUT2D eigenvalue weighted by Crippen LogP contribution is 2.23. The molecule has 5 amide bonds. The SMILES string of the molecule is COCCC(=O)CCCNC(=O)CCN1C(=O)CC(SC)C1=O.COCCN1C(=O)CC(SC)C1=O. The predicted octanol–water partition coefficient (Wildman–Crippen LogP) is 0.492. The van der Waals surface area contributed by atoms with E-state index < -0.39 is 0 Å². The molecule has 2 atom stereocenters. The standard InChI is InChI=1S/C15H24N2O5S.C8H13NO3S/c1-22-9-6-11(18)4-3-7-16-13(19)5-8-17-14(20)10-12(23-2)15(17)21;1-12-4-3-9-7(10)5-6(13-2)8(9)11/h12H,3-10H2,1-2H3,(H,16,19);6H,3-5H2,1-2H3. The van der Waals surface area contributed by atoms with E-state index in [1.165, 1.54) is 28.4 Å². The molecule has 13 heteroatoms. The summed E-state index contributed by atoms with van der Waals surface area (Å²) in [6.07, 6.45) is 5.65. The van der Waals surface area contributed by atoms with Crippen LogP contribution in [0, 0.1) is 0 Å². The lowest BCUT2D eigenvalue weighted by atomic mass is 10.2. The molecule has 36 heavy (non-hydrogen) atoms. The molecule has 2 rings (SSSR count). The van der Waals surface area contributed by atoms with Gasteiger partial charge in [0, 0.05) is 59.4 Å². The van der Waals surface area contributed by atoms with Gasteiger partial charge in [0.2, 0.25) is 29.5 Å². The zero-order chi connectivity index (χ0) is 27.1. The van der Waals surface area contributed by atoms with Crippen molar-refractivity contribution in [1.82, 2.24) is 15.1 Å². The first-order valence-electron chi connectivity index (χ1n) is 11.7. The summed E-state index contributed by atoms with van der Waals surface area (Å²) >= 11 is 2.78. The maximum atomic E-state index is 11.9. The average Bonchev–Trinajstić information content (AvgIpc) is 3.30. The molecule has 0 radical (unpaired) electrons. The van der Waals surface area contributed by atoms with E-state index in [1.54, 1.807) is 20.5 Å². The van der Waals surface area contributed by atoms with Crippen LogP contribution in [0.5, 0.6) is 0 Å². The number of imide groups is 2. The second-order valence-electron chi connectivity index (χ2n) is 8.10. The summed E-state index contributed by atoms with van der Waals surface area (Å²) in [5, 5.41) is 2.20. The molecular weight excluding hydrogens is 510 g/mol. The Morgan fingerprint density at radius 2 is 1.36 bits per heavy atom. The first-order valence-corrected chi connectivity index (χ1v) is 14.3. The molecule has 2 aliphatic heterocycles. The fourth-order valence-corrected chi connectivity index (χ4v) is 4.76. The van der Waals surface area contributed by atoms with Gasteiger partial charge >= 0.3 is 0 Å². The van der Waals surface area contributed by atoms with Gasteiger partial charge in [-0.15, -0.1) is 0 Å². The highest BCUT2D eigenvalue weighted by Gasteiger charge is 2.38. The molecule has 2 saturated heterocycles. The van der Waals surface area contributed by atoms with Crippen LogP contribution in [0.25, 0.3) is 0 Å². The van der Waals surface area contributed by atoms with Gasteiger partial charge in [-0.2, -0.15) is 23.5 Å². The van der Waals surface area contributed by atoms with Gasteiger partial charge in [-0.05, 0) is 18.9 Å². The number of hydrogen-bond donors (Lipinski definition) is 1. The van der Waals surface area contributed by atoms with Crippen LogP contribution in [0.4, 0.5) is 0 Å². The molecule has 2 fully saturated rings. The van der Waals surface area contributed by atoms with E-state index in [0.717, 1.165) is 4.90 Å². The fourth-order valence-electron chi connectivity index (χ4n) is 3.48. The van der Waals surface area contributed by atoms with Gasteiger partial charge in [-0.3, -0.25) is 38.6 Å². The summed E-state index contributed by atoms with van der Waals surface area (Å²) in [5.41, 5.74) is 0. The van der Waals surface area contributed by atoms with E-state index in [2.05, 4.69) is 5.32 Å². The maximum absolute atomic E-state index is 11.9. The number of ether oxygens (including phenoxy) is 2. The van der Waals surface area contributed by atoms with E-state index >= 15 is 0 Å². The normalized spacial score (nSPS) is 19.6. The second kappa shape index (κ2) is 17.5. The number of methoxy groups -OCH3 is 2. The number of carbonyl (C=O) groups excluding carboxylic acids is 6. The van der Waals surface area contributed by atoms with Gasteiger partial charge in [-0.1, -0.05) is 0 Å². The van der Waals surface area contributed by atoms with Crippen LogP contribution in [0.15, 0.2) is 0 Å². The molecule has 204 valence electrons. The molecule has 1 N–H and O–H groups in total. The molecule has 0 aromatic heterocycles.